The van der Waals surface area contributed by atoms with Gasteiger partial charge in [0.2, 0.25) is 0 Å². The molecular formula is C77H56N6. The number of nitriles is 2. The molecule has 0 unspecified atom stereocenters. The summed E-state index contributed by atoms with van der Waals surface area (Å²) < 4.78 is 0. The average Bonchev–Trinajstić information content (AvgIpc) is 3.07. The van der Waals surface area contributed by atoms with Crippen LogP contribution >= 0.6 is 0 Å². The van der Waals surface area contributed by atoms with E-state index < -0.39 is 0 Å². The van der Waals surface area contributed by atoms with Gasteiger partial charge in [0.05, 0.1) is 36.4 Å². The molecule has 0 atom stereocenters. The van der Waals surface area contributed by atoms with Gasteiger partial charge >= 0.3 is 0 Å². The first-order valence-corrected chi connectivity index (χ1v) is 28.0. The molecular weight excluding hydrogens is 1010 g/mol. The molecule has 0 saturated carbocycles. The highest BCUT2D eigenvalue weighted by atomic mass is 15.1. The van der Waals surface area contributed by atoms with Crippen LogP contribution in [0.5, 0.6) is 0 Å². The molecule has 0 spiro atoms. The number of hydrogen-bond donors (Lipinski definition) is 0. The van der Waals surface area contributed by atoms with Gasteiger partial charge in [0.1, 0.15) is 0 Å². The van der Waals surface area contributed by atoms with Crippen molar-refractivity contribution in [3.63, 3.8) is 0 Å². The SMILES string of the molecule is [C-]#[N+]c1ccc(N(c2ccc(C#N)cc2)c2ccc3c(c2)C(C)(C)c2cc(C=Cc4ccc5c(c4)C(C)(C)c4cc(C=Cc6ccc7c(c6)C(C)(C)c6cc(N(c8ccc(C#N)cc8)c8ccc([N+]#[C-])cc8)ccc6-7)ccc4-5)ccc2-3)cc1. The Hall–Kier alpha value is -10.8. The van der Waals surface area contributed by atoms with Gasteiger partial charge in [-0.1, -0.05) is 175 Å². The Morgan fingerprint density at radius 1 is 0.313 bits per heavy atom. The molecule has 0 fully saturated rings. The van der Waals surface area contributed by atoms with Crippen LogP contribution < -0.4 is 9.80 Å². The maximum atomic E-state index is 9.54. The fourth-order valence-corrected chi connectivity index (χ4v) is 13.0. The Morgan fingerprint density at radius 3 is 0.795 bits per heavy atom. The first-order chi connectivity index (χ1) is 40.2. The fourth-order valence-electron chi connectivity index (χ4n) is 13.0. The highest BCUT2D eigenvalue weighted by molar-refractivity contribution is 5.90. The highest BCUT2D eigenvalue weighted by Gasteiger charge is 2.39. The second-order valence-corrected chi connectivity index (χ2v) is 23.5. The maximum absolute atomic E-state index is 9.54. The van der Waals surface area contributed by atoms with Crippen molar-refractivity contribution in [2.75, 3.05) is 9.80 Å². The van der Waals surface area contributed by atoms with E-state index in [1.165, 1.54) is 77.9 Å². The molecule has 13 rings (SSSR count). The summed E-state index contributed by atoms with van der Waals surface area (Å²) in [5.74, 6) is 0. The van der Waals surface area contributed by atoms with Gasteiger partial charge in [-0.25, -0.2) is 9.69 Å². The van der Waals surface area contributed by atoms with E-state index in [1.807, 2.05) is 97.1 Å². The molecule has 6 nitrogen and oxygen atoms in total. The van der Waals surface area contributed by atoms with E-state index in [9.17, 15) is 10.5 Å². The third-order valence-corrected chi connectivity index (χ3v) is 17.5. The van der Waals surface area contributed by atoms with Crippen molar-refractivity contribution >= 4 is 69.8 Å². The second-order valence-electron chi connectivity index (χ2n) is 23.5. The van der Waals surface area contributed by atoms with E-state index in [1.54, 1.807) is 0 Å². The topological polar surface area (TPSA) is 62.8 Å². The standard InChI is InChI=1S/C77H56N6/c1-75(2)69-41-49(9-11-51-19-37-65-67-39-33-61(45-73(67)76(3,4)71(65)43-51)82(57-25-13-53(47-78)14-26-57)59-29-21-55(80-7)22-30-59)17-35-63(69)64-36-18-50(42-70(64)75)10-12-52-20-38-66-68-40-34-62(46-74(68)77(5,6)72(66)44-52)83(58-27-15-54(48-79)16-28-58)60-31-23-56(81-8)24-32-60/h9-46H,1-6H3. The minimum absolute atomic E-state index is 0.198. The number of fused-ring (bicyclic) bond motifs is 9. The lowest BCUT2D eigenvalue weighted by Gasteiger charge is -2.28. The van der Waals surface area contributed by atoms with E-state index in [0.717, 1.165) is 45.3 Å². The lowest BCUT2D eigenvalue weighted by Crippen LogP contribution is -2.16. The number of nitrogens with zero attached hydrogens (tertiary/aromatic N) is 6. The molecule has 0 heterocycles. The average molecular weight is 1070 g/mol. The molecule has 83 heavy (non-hydrogen) atoms. The summed E-state index contributed by atoms with van der Waals surface area (Å²) in [4.78, 5) is 11.6. The lowest BCUT2D eigenvalue weighted by atomic mass is 9.81. The van der Waals surface area contributed by atoms with Crippen LogP contribution in [0.2, 0.25) is 0 Å². The van der Waals surface area contributed by atoms with Gasteiger partial charge < -0.3 is 9.80 Å². The second kappa shape index (κ2) is 19.8. The van der Waals surface area contributed by atoms with Crippen LogP contribution in [0.1, 0.15) is 108 Å². The Balaban J connectivity index is 0.728. The van der Waals surface area contributed by atoms with Crippen molar-refractivity contribution in [2.45, 2.75) is 57.8 Å². The van der Waals surface area contributed by atoms with Gasteiger partial charge in [-0.3, -0.25) is 0 Å². The number of hydrogen-bond acceptors (Lipinski definition) is 4. The largest absolute Gasteiger partial charge is 0.311 e. The van der Waals surface area contributed by atoms with Crippen molar-refractivity contribution in [1.82, 2.24) is 0 Å². The Bertz CT molecular complexity index is 4140. The molecule has 10 aromatic rings. The number of rotatable bonds is 10. The predicted octanol–water partition coefficient (Wildman–Crippen LogP) is 20.7. The Morgan fingerprint density at radius 2 is 0.542 bits per heavy atom. The van der Waals surface area contributed by atoms with E-state index in [4.69, 9.17) is 13.1 Å². The monoisotopic (exact) mass is 1060 g/mol. The van der Waals surface area contributed by atoms with Gasteiger partial charge in [-0.15, -0.1) is 0 Å². The minimum Gasteiger partial charge on any atom is -0.311 e. The lowest BCUT2D eigenvalue weighted by molar-refractivity contribution is 0.660. The molecule has 3 aliphatic rings. The first-order valence-electron chi connectivity index (χ1n) is 28.0. The molecule has 0 radical (unpaired) electrons. The molecule has 0 amide bonds. The fraction of sp³-hybridized carbons (Fsp3) is 0.117. The maximum Gasteiger partial charge on any atom is 0.187 e. The van der Waals surface area contributed by atoms with Crippen LogP contribution in [-0.4, -0.2) is 0 Å². The molecule has 0 saturated heterocycles. The Labute approximate surface area is 486 Å². The molecule has 3 aliphatic carbocycles. The number of anilines is 6. The van der Waals surface area contributed by atoms with Crippen molar-refractivity contribution in [1.29, 1.82) is 10.5 Å². The quantitative estimate of drug-likeness (QED) is 0.101. The van der Waals surface area contributed by atoms with Crippen molar-refractivity contribution < 1.29 is 0 Å². The summed E-state index contributed by atoms with van der Waals surface area (Å²) in [6, 6.07) is 76.1. The highest BCUT2D eigenvalue weighted by Crippen LogP contribution is 2.54. The molecule has 0 N–H and O–H groups in total. The van der Waals surface area contributed by atoms with Gasteiger partial charge in [0.15, 0.2) is 11.4 Å². The van der Waals surface area contributed by atoms with E-state index >= 15 is 0 Å². The van der Waals surface area contributed by atoms with Crippen LogP contribution in [-0.2, 0) is 16.2 Å². The van der Waals surface area contributed by atoms with E-state index in [0.29, 0.717) is 22.5 Å². The van der Waals surface area contributed by atoms with Gasteiger partial charge in [0, 0.05) is 50.4 Å². The van der Waals surface area contributed by atoms with Gasteiger partial charge in [-0.2, -0.15) is 10.5 Å². The summed E-state index contributed by atoms with van der Waals surface area (Å²) in [5, 5.41) is 19.1. The summed E-state index contributed by atoms with van der Waals surface area (Å²) in [7, 11) is 0. The summed E-state index contributed by atoms with van der Waals surface area (Å²) in [6.07, 6.45) is 8.98. The smallest absolute Gasteiger partial charge is 0.187 e. The van der Waals surface area contributed by atoms with Crippen molar-refractivity contribution in [2.24, 2.45) is 0 Å². The van der Waals surface area contributed by atoms with Crippen LogP contribution in [0.3, 0.4) is 0 Å². The summed E-state index contributed by atoms with van der Waals surface area (Å²) in [5.41, 5.74) is 27.3. The molecule has 10 aromatic carbocycles. The molecule has 6 heteroatoms. The zero-order valence-electron chi connectivity index (χ0n) is 47.1. The molecule has 0 aromatic heterocycles. The Kier molecular flexibility index (Phi) is 12.3. The minimum atomic E-state index is -0.266. The zero-order valence-corrected chi connectivity index (χ0v) is 47.1. The normalized spacial score (nSPS) is 14.0. The summed E-state index contributed by atoms with van der Waals surface area (Å²) >= 11 is 0. The van der Waals surface area contributed by atoms with Crippen LogP contribution in [0.25, 0.3) is 67.4 Å². The molecule has 0 bridgehead atoms. The third kappa shape index (κ3) is 8.78. The van der Waals surface area contributed by atoms with E-state index in [2.05, 4.69) is 207 Å². The van der Waals surface area contributed by atoms with Crippen molar-refractivity contribution in [3.05, 3.63) is 296 Å². The first kappa shape index (κ1) is 51.7. The number of benzene rings is 10. The van der Waals surface area contributed by atoms with Crippen LogP contribution in [0, 0.1) is 35.8 Å². The molecule has 0 aliphatic heterocycles. The third-order valence-electron chi connectivity index (χ3n) is 17.5. The van der Waals surface area contributed by atoms with Crippen molar-refractivity contribution in [3.8, 4) is 45.5 Å². The zero-order chi connectivity index (χ0) is 57.4. The van der Waals surface area contributed by atoms with Gasteiger partial charge in [-0.05, 0) is 186 Å². The predicted molar refractivity (Wildman–Crippen MR) is 341 cm³/mol. The molecule has 394 valence electrons. The summed E-state index contributed by atoms with van der Waals surface area (Å²) in [6.45, 7) is 29.0. The van der Waals surface area contributed by atoms with Gasteiger partial charge in [0.25, 0.3) is 0 Å². The van der Waals surface area contributed by atoms with Crippen LogP contribution in [0.4, 0.5) is 45.5 Å². The van der Waals surface area contributed by atoms with E-state index in [-0.39, 0.29) is 16.2 Å². The van der Waals surface area contributed by atoms with Crippen LogP contribution in [0.15, 0.2) is 206 Å².